The normalized spacial score (nSPS) is 21.3. The fourth-order valence-electron chi connectivity index (χ4n) is 4.28. The molecule has 0 atom stereocenters. The summed E-state index contributed by atoms with van der Waals surface area (Å²) in [5.41, 5.74) is 0.119. The molecule has 1 aliphatic carbocycles. The number of nitrogens with one attached hydrogen (secondary N) is 1. The van der Waals surface area contributed by atoms with Gasteiger partial charge in [0.05, 0.1) is 18.1 Å². The van der Waals surface area contributed by atoms with E-state index in [-0.39, 0.29) is 11.4 Å². The Bertz CT molecular complexity index is 697. The summed E-state index contributed by atoms with van der Waals surface area (Å²) < 4.78 is 6.71. The summed E-state index contributed by atoms with van der Waals surface area (Å²) in [5.74, 6) is 0.0689. The van der Waals surface area contributed by atoms with Crippen molar-refractivity contribution in [3.05, 3.63) is 35.2 Å². The Morgan fingerprint density at radius 3 is 2.68 bits per heavy atom. The minimum Gasteiger partial charge on any atom is -0.379 e. The van der Waals surface area contributed by atoms with Crippen LogP contribution >= 0.6 is 11.3 Å². The Hall–Kier alpha value is -1.43. The Balaban J connectivity index is 1.47. The molecular formula is C20H26N2O2S. The Kier molecular flexibility index (Phi) is 5.06. The molecule has 1 saturated carbocycles. The molecule has 1 N–H and O–H groups in total. The van der Waals surface area contributed by atoms with Crippen molar-refractivity contribution in [1.29, 1.82) is 0 Å². The third kappa shape index (κ3) is 3.59. The van der Waals surface area contributed by atoms with Crippen molar-refractivity contribution < 1.29 is 9.53 Å². The van der Waals surface area contributed by atoms with Crippen molar-refractivity contribution in [2.45, 2.75) is 37.6 Å². The summed E-state index contributed by atoms with van der Waals surface area (Å²) >= 11 is 1.58. The van der Waals surface area contributed by atoms with Gasteiger partial charge in [-0.05, 0) is 30.4 Å². The van der Waals surface area contributed by atoms with E-state index in [4.69, 9.17) is 4.74 Å². The van der Waals surface area contributed by atoms with Gasteiger partial charge in [0.25, 0.3) is 5.91 Å². The van der Waals surface area contributed by atoms with E-state index >= 15 is 0 Å². The lowest BCUT2D eigenvalue weighted by atomic mass is 9.79. The van der Waals surface area contributed by atoms with Gasteiger partial charge in [0, 0.05) is 29.9 Å². The number of nitrogens with zero attached hydrogens (tertiary/aromatic N) is 1. The van der Waals surface area contributed by atoms with Crippen LogP contribution in [0.1, 0.15) is 41.8 Å². The van der Waals surface area contributed by atoms with E-state index in [9.17, 15) is 4.79 Å². The van der Waals surface area contributed by atoms with Crippen molar-refractivity contribution in [3.8, 4) is 0 Å². The van der Waals surface area contributed by atoms with Gasteiger partial charge in [0.2, 0.25) is 0 Å². The summed E-state index contributed by atoms with van der Waals surface area (Å²) in [6.45, 7) is 4.34. The van der Waals surface area contributed by atoms with Gasteiger partial charge in [0.15, 0.2) is 0 Å². The first-order valence-corrected chi connectivity index (χ1v) is 10.2. The first kappa shape index (κ1) is 17.0. The third-order valence-electron chi connectivity index (χ3n) is 5.69. The van der Waals surface area contributed by atoms with Gasteiger partial charge in [-0.15, -0.1) is 11.3 Å². The maximum atomic E-state index is 12.7. The lowest BCUT2D eigenvalue weighted by molar-refractivity contribution is -0.0361. The van der Waals surface area contributed by atoms with E-state index in [2.05, 4.69) is 22.3 Å². The lowest BCUT2D eigenvalue weighted by Crippen LogP contribution is -2.59. The Morgan fingerprint density at radius 1 is 1.16 bits per heavy atom. The van der Waals surface area contributed by atoms with E-state index in [1.54, 1.807) is 11.3 Å². The lowest BCUT2D eigenvalue weighted by Gasteiger charge is -2.48. The number of ether oxygens (including phenoxy) is 1. The molecule has 0 bridgehead atoms. The van der Waals surface area contributed by atoms with Crippen LogP contribution in [-0.4, -0.2) is 49.2 Å². The quantitative estimate of drug-likeness (QED) is 0.907. The summed E-state index contributed by atoms with van der Waals surface area (Å²) in [4.78, 5) is 16.1. The second kappa shape index (κ2) is 7.44. The summed E-state index contributed by atoms with van der Waals surface area (Å²) in [7, 11) is 0. The average molecular weight is 359 g/mol. The van der Waals surface area contributed by atoms with E-state index in [1.807, 2.05) is 18.2 Å². The molecule has 1 aliphatic heterocycles. The monoisotopic (exact) mass is 358 g/mol. The smallest absolute Gasteiger partial charge is 0.261 e. The third-order valence-corrected chi connectivity index (χ3v) is 6.81. The molecule has 2 aliphatic rings. The van der Waals surface area contributed by atoms with Crippen molar-refractivity contribution in [2.24, 2.45) is 0 Å². The van der Waals surface area contributed by atoms with E-state index in [0.29, 0.717) is 0 Å². The summed E-state index contributed by atoms with van der Waals surface area (Å²) in [6, 6.07) is 10.2. The van der Waals surface area contributed by atoms with Crippen LogP contribution in [0.15, 0.2) is 30.3 Å². The second-order valence-corrected chi connectivity index (χ2v) is 8.30. The zero-order chi connectivity index (χ0) is 17.1. The van der Waals surface area contributed by atoms with E-state index in [1.165, 1.54) is 36.8 Å². The van der Waals surface area contributed by atoms with Gasteiger partial charge in [-0.25, -0.2) is 0 Å². The van der Waals surface area contributed by atoms with Gasteiger partial charge in [-0.2, -0.15) is 0 Å². The molecule has 2 aromatic rings. The highest BCUT2D eigenvalue weighted by Crippen LogP contribution is 2.34. The highest BCUT2D eigenvalue weighted by atomic mass is 32.1. The fourth-order valence-corrected chi connectivity index (χ4v) is 5.26. The minimum absolute atomic E-state index is 0.0689. The van der Waals surface area contributed by atoms with E-state index in [0.717, 1.165) is 43.1 Å². The number of hydrogen-bond acceptors (Lipinski definition) is 4. The maximum absolute atomic E-state index is 12.7. The number of benzene rings is 1. The number of thiophene rings is 1. The van der Waals surface area contributed by atoms with Gasteiger partial charge in [-0.3, -0.25) is 9.69 Å². The molecule has 134 valence electrons. The first-order chi connectivity index (χ1) is 12.3. The zero-order valence-corrected chi connectivity index (χ0v) is 15.4. The van der Waals surface area contributed by atoms with Crippen LogP contribution in [0.5, 0.6) is 0 Å². The van der Waals surface area contributed by atoms with Crippen molar-refractivity contribution in [2.75, 3.05) is 32.8 Å². The summed E-state index contributed by atoms with van der Waals surface area (Å²) in [6.07, 6.45) is 6.20. The first-order valence-electron chi connectivity index (χ1n) is 9.36. The van der Waals surface area contributed by atoms with Crippen molar-refractivity contribution in [3.63, 3.8) is 0 Å². The topological polar surface area (TPSA) is 41.6 Å². The van der Waals surface area contributed by atoms with Crippen LogP contribution < -0.4 is 5.32 Å². The molecule has 0 radical (unpaired) electrons. The molecule has 2 fully saturated rings. The molecular weight excluding hydrogens is 332 g/mol. The fraction of sp³-hybridized carbons (Fsp3) is 0.550. The second-order valence-electron chi connectivity index (χ2n) is 7.22. The van der Waals surface area contributed by atoms with E-state index < -0.39 is 0 Å². The van der Waals surface area contributed by atoms with Gasteiger partial charge < -0.3 is 10.1 Å². The predicted molar refractivity (Wildman–Crippen MR) is 102 cm³/mol. The van der Waals surface area contributed by atoms with Crippen LogP contribution in [-0.2, 0) is 4.74 Å². The molecule has 4 rings (SSSR count). The molecule has 0 unspecified atom stereocenters. The van der Waals surface area contributed by atoms with Gasteiger partial charge in [0.1, 0.15) is 0 Å². The minimum atomic E-state index is 0.0689. The predicted octanol–water partition coefficient (Wildman–Crippen LogP) is 3.67. The SMILES string of the molecule is O=C(NCC1(N2CCOCC2)CCCCC1)c1cc2ccccc2s1. The van der Waals surface area contributed by atoms with Crippen LogP contribution in [0, 0.1) is 0 Å². The maximum Gasteiger partial charge on any atom is 0.261 e. The number of amides is 1. The number of carbonyl (C=O) groups excluding carboxylic acids is 1. The Labute approximate surface area is 153 Å². The van der Waals surface area contributed by atoms with Crippen LogP contribution in [0.25, 0.3) is 10.1 Å². The highest BCUT2D eigenvalue weighted by Gasteiger charge is 2.38. The standard InChI is InChI=1S/C20H26N2O2S/c23-19(18-14-16-6-2-3-7-17(16)25-18)21-15-20(8-4-1-5-9-20)22-10-12-24-13-11-22/h2-3,6-7,14H,1,4-5,8-13,15H2,(H,21,23). The molecule has 1 aromatic heterocycles. The average Bonchev–Trinajstić information content (AvgIpc) is 3.12. The number of carbonyl (C=O) groups is 1. The van der Waals surface area contributed by atoms with Gasteiger partial charge >= 0.3 is 0 Å². The van der Waals surface area contributed by atoms with Crippen molar-refractivity contribution in [1.82, 2.24) is 10.2 Å². The van der Waals surface area contributed by atoms with Crippen molar-refractivity contribution >= 4 is 27.3 Å². The number of morpholine rings is 1. The number of fused-ring (bicyclic) bond motifs is 1. The van der Waals surface area contributed by atoms with Crippen LogP contribution in [0.3, 0.4) is 0 Å². The molecule has 1 aromatic carbocycles. The molecule has 1 saturated heterocycles. The number of rotatable bonds is 4. The van der Waals surface area contributed by atoms with Crippen LogP contribution in [0.4, 0.5) is 0 Å². The highest BCUT2D eigenvalue weighted by molar-refractivity contribution is 7.20. The largest absolute Gasteiger partial charge is 0.379 e. The Morgan fingerprint density at radius 2 is 1.92 bits per heavy atom. The molecule has 4 nitrogen and oxygen atoms in total. The van der Waals surface area contributed by atoms with Gasteiger partial charge in [-0.1, -0.05) is 37.5 Å². The molecule has 0 spiro atoms. The molecule has 25 heavy (non-hydrogen) atoms. The number of hydrogen-bond donors (Lipinski definition) is 1. The molecule has 5 heteroatoms. The van der Waals surface area contributed by atoms with Crippen LogP contribution in [0.2, 0.25) is 0 Å². The zero-order valence-electron chi connectivity index (χ0n) is 14.6. The summed E-state index contributed by atoms with van der Waals surface area (Å²) in [5, 5.41) is 4.41. The molecule has 2 heterocycles. The molecule has 1 amide bonds.